The van der Waals surface area contributed by atoms with E-state index in [9.17, 15) is 14.4 Å². The minimum atomic E-state index is -0.964. The van der Waals surface area contributed by atoms with Gasteiger partial charge >= 0.3 is 6.09 Å². The zero-order chi connectivity index (χ0) is 24.8. The summed E-state index contributed by atoms with van der Waals surface area (Å²) in [5.41, 5.74) is 0.133. The lowest BCUT2D eigenvalue weighted by atomic mass is 9.97. The quantitative estimate of drug-likeness (QED) is 0.558. The van der Waals surface area contributed by atoms with E-state index < -0.39 is 29.6 Å². The molecular formula is C23H35N3O7. The Labute approximate surface area is 195 Å². The maximum absolute atomic E-state index is 13.1. The molecule has 0 bridgehead atoms. The lowest BCUT2D eigenvalue weighted by Gasteiger charge is -2.26. The lowest BCUT2D eigenvalue weighted by Crippen LogP contribution is -2.49. The van der Waals surface area contributed by atoms with Crippen LogP contribution >= 0.6 is 0 Å². The molecule has 1 unspecified atom stereocenters. The summed E-state index contributed by atoms with van der Waals surface area (Å²) in [5.74, 6) is 0.316. The maximum atomic E-state index is 13.1. The van der Waals surface area contributed by atoms with Crippen molar-refractivity contribution in [2.45, 2.75) is 51.8 Å². The third kappa shape index (κ3) is 7.24. The molecule has 2 atom stereocenters. The Hall–Kier alpha value is -3.01. The molecule has 1 aromatic rings. The fourth-order valence-electron chi connectivity index (χ4n) is 3.63. The number of nitrogens with one attached hydrogen (secondary N) is 1. The number of ether oxygens (including phenoxy) is 3. The lowest BCUT2D eigenvalue weighted by molar-refractivity contribution is -0.171. The van der Waals surface area contributed by atoms with Gasteiger partial charge in [-0.15, -0.1) is 0 Å². The molecule has 1 saturated heterocycles. The molecule has 1 heterocycles. The van der Waals surface area contributed by atoms with Gasteiger partial charge in [0.2, 0.25) is 5.91 Å². The zero-order valence-corrected chi connectivity index (χ0v) is 20.5. The average Bonchev–Trinajstić information content (AvgIpc) is 3.10. The molecule has 0 spiro atoms. The second-order valence-electron chi connectivity index (χ2n) is 8.88. The molecular weight excluding hydrogens is 430 g/mol. The molecule has 1 aromatic carbocycles. The first kappa shape index (κ1) is 26.2. The van der Waals surface area contributed by atoms with Crippen LogP contribution in [-0.4, -0.2) is 74.4 Å². The Bertz CT molecular complexity index is 853. The number of alkyl carbamates (subject to hydrolysis) is 1. The monoisotopic (exact) mass is 465 g/mol. The number of likely N-dealkylation sites (tertiary alicyclic amines) is 1. The molecule has 1 aliphatic rings. The molecule has 0 radical (unpaired) electrons. The minimum Gasteiger partial charge on any atom is -0.497 e. The number of hydroxylamine groups is 2. The van der Waals surface area contributed by atoms with Gasteiger partial charge in [0.25, 0.3) is 5.91 Å². The first-order valence-electron chi connectivity index (χ1n) is 10.8. The van der Waals surface area contributed by atoms with Crippen LogP contribution in [-0.2, 0) is 25.7 Å². The Balaban J connectivity index is 2.11. The molecule has 2 rings (SSSR count). The van der Waals surface area contributed by atoms with E-state index in [1.807, 2.05) is 12.1 Å². The van der Waals surface area contributed by atoms with Gasteiger partial charge in [0.1, 0.15) is 23.1 Å². The third-order valence-electron chi connectivity index (χ3n) is 5.36. The predicted octanol–water partition coefficient (Wildman–Crippen LogP) is 2.36. The Kier molecular flexibility index (Phi) is 8.92. The molecule has 10 heteroatoms. The number of methoxy groups -OCH3 is 2. The molecule has 0 aliphatic carbocycles. The summed E-state index contributed by atoms with van der Waals surface area (Å²) in [4.78, 5) is 44.9. The number of hydrogen-bond acceptors (Lipinski definition) is 7. The number of hydrogen-bond donors (Lipinski definition) is 1. The number of amides is 3. The van der Waals surface area contributed by atoms with Gasteiger partial charge in [-0.05, 0) is 45.7 Å². The normalized spacial score (nSPS) is 16.9. The summed E-state index contributed by atoms with van der Waals surface area (Å²) in [6, 6.07) is 4.49. The number of rotatable bonds is 9. The van der Waals surface area contributed by atoms with E-state index >= 15 is 0 Å². The van der Waals surface area contributed by atoms with Crippen LogP contribution in [0.1, 0.15) is 39.2 Å². The van der Waals surface area contributed by atoms with E-state index in [0.717, 1.165) is 10.6 Å². The number of carbonyl (C=O) groups is 3. The van der Waals surface area contributed by atoms with E-state index in [1.165, 1.54) is 14.2 Å². The number of carbonyl (C=O) groups excluding carboxylic acids is 3. The van der Waals surface area contributed by atoms with Crippen molar-refractivity contribution in [3.8, 4) is 11.5 Å². The zero-order valence-electron chi connectivity index (χ0n) is 20.5. The molecule has 33 heavy (non-hydrogen) atoms. The minimum absolute atomic E-state index is 0.0864. The van der Waals surface area contributed by atoms with E-state index in [4.69, 9.17) is 19.0 Å². The van der Waals surface area contributed by atoms with Crippen molar-refractivity contribution in [1.29, 1.82) is 0 Å². The van der Waals surface area contributed by atoms with E-state index in [1.54, 1.807) is 46.0 Å². The summed E-state index contributed by atoms with van der Waals surface area (Å²) in [5, 5.41) is 3.62. The van der Waals surface area contributed by atoms with E-state index in [-0.39, 0.29) is 12.3 Å². The van der Waals surface area contributed by atoms with Crippen LogP contribution in [0.2, 0.25) is 0 Å². The van der Waals surface area contributed by atoms with Gasteiger partial charge in [0.05, 0.1) is 21.3 Å². The summed E-state index contributed by atoms with van der Waals surface area (Å²) >= 11 is 0. The van der Waals surface area contributed by atoms with Gasteiger partial charge in [-0.2, -0.15) is 0 Å². The van der Waals surface area contributed by atoms with Crippen LogP contribution in [0.25, 0.3) is 0 Å². The van der Waals surface area contributed by atoms with E-state index in [2.05, 4.69) is 5.32 Å². The maximum Gasteiger partial charge on any atom is 0.408 e. The predicted molar refractivity (Wildman–Crippen MR) is 121 cm³/mol. The van der Waals surface area contributed by atoms with Gasteiger partial charge < -0.3 is 24.4 Å². The SMILES string of the molecule is COc1ccc(CN2CC[C@@H](CC(NC(=O)OC(C)(C)C)C(=O)N(C)OC)C2=O)c(OC)c1. The van der Waals surface area contributed by atoms with Gasteiger partial charge in [-0.1, -0.05) is 0 Å². The van der Waals surface area contributed by atoms with Gasteiger partial charge in [-0.25, -0.2) is 9.86 Å². The molecule has 1 aliphatic heterocycles. The van der Waals surface area contributed by atoms with Crippen LogP contribution in [0.4, 0.5) is 4.79 Å². The van der Waals surface area contributed by atoms with Crippen LogP contribution in [0.3, 0.4) is 0 Å². The van der Waals surface area contributed by atoms with Crippen molar-refractivity contribution in [2.75, 3.05) is 34.9 Å². The van der Waals surface area contributed by atoms with Crippen LogP contribution in [0.15, 0.2) is 18.2 Å². The number of benzene rings is 1. The average molecular weight is 466 g/mol. The topological polar surface area (TPSA) is 107 Å². The van der Waals surface area contributed by atoms with Gasteiger partial charge in [0, 0.05) is 37.7 Å². The summed E-state index contributed by atoms with van der Waals surface area (Å²) in [6.45, 7) is 6.11. The highest BCUT2D eigenvalue weighted by Crippen LogP contribution is 2.30. The molecule has 1 fully saturated rings. The third-order valence-corrected chi connectivity index (χ3v) is 5.36. The van der Waals surface area contributed by atoms with Crippen molar-refractivity contribution < 1.29 is 33.4 Å². The van der Waals surface area contributed by atoms with Gasteiger partial charge in [-0.3, -0.25) is 14.4 Å². The van der Waals surface area contributed by atoms with Gasteiger partial charge in [0.15, 0.2) is 0 Å². The molecule has 1 N–H and O–H groups in total. The fourth-order valence-corrected chi connectivity index (χ4v) is 3.63. The second-order valence-corrected chi connectivity index (χ2v) is 8.88. The van der Waals surface area contributed by atoms with Crippen molar-refractivity contribution in [1.82, 2.24) is 15.3 Å². The Morgan fingerprint density at radius 2 is 1.91 bits per heavy atom. The van der Waals surface area contributed by atoms with Crippen molar-refractivity contribution in [2.24, 2.45) is 5.92 Å². The highest BCUT2D eigenvalue weighted by molar-refractivity contribution is 5.87. The van der Waals surface area contributed by atoms with Crippen molar-refractivity contribution >= 4 is 17.9 Å². The Morgan fingerprint density at radius 3 is 2.48 bits per heavy atom. The summed E-state index contributed by atoms with van der Waals surface area (Å²) in [6.07, 6.45) is -0.0233. The molecule has 0 saturated carbocycles. The summed E-state index contributed by atoms with van der Waals surface area (Å²) < 4.78 is 15.9. The molecule has 0 aromatic heterocycles. The highest BCUT2D eigenvalue weighted by atomic mass is 16.7. The number of likely N-dealkylation sites (N-methyl/N-ethyl adjacent to an activating group) is 1. The van der Waals surface area contributed by atoms with Crippen molar-refractivity contribution in [3.05, 3.63) is 23.8 Å². The number of nitrogens with zero attached hydrogens (tertiary/aromatic N) is 2. The smallest absolute Gasteiger partial charge is 0.408 e. The first-order chi connectivity index (χ1) is 15.5. The fraction of sp³-hybridized carbons (Fsp3) is 0.609. The molecule has 184 valence electrons. The first-order valence-corrected chi connectivity index (χ1v) is 10.8. The Morgan fingerprint density at radius 1 is 1.21 bits per heavy atom. The summed E-state index contributed by atoms with van der Waals surface area (Å²) in [7, 11) is 5.95. The second kappa shape index (κ2) is 11.2. The highest BCUT2D eigenvalue weighted by Gasteiger charge is 2.37. The van der Waals surface area contributed by atoms with Crippen molar-refractivity contribution in [3.63, 3.8) is 0 Å². The van der Waals surface area contributed by atoms with Crippen LogP contribution in [0.5, 0.6) is 11.5 Å². The van der Waals surface area contributed by atoms with E-state index in [0.29, 0.717) is 31.0 Å². The largest absolute Gasteiger partial charge is 0.497 e. The van der Waals surface area contributed by atoms with Crippen LogP contribution in [0, 0.1) is 5.92 Å². The molecule has 10 nitrogen and oxygen atoms in total. The molecule has 3 amide bonds. The van der Waals surface area contributed by atoms with Crippen LogP contribution < -0.4 is 14.8 Å². The standard InChI is InChI=1S/C23H35N3O7/c1-23(2,3)33-22(29)24-18(21(28)25(4)32-7)12-15-10-11-26(20(15)27)14-16-8-9-17(30-5)13-19(16)31-6/h8-9,13,15,18H,10-12,14H2,1-7H3,(H,24,29)/t15-,18?/m0/s1.